The van der Waals surface area contributed by atoms with Gasteiger partial charge in [-0.05, 0) is 18.9 Å². The number of amides is 2. The quantitative estimate of drug-likeness (QED) is 0.669. The Bertz CT molecular complexity index is 514. The van der Waals surface area contributed by atoms with E-state index in [1.807, 2.05) is 31.2 Å². The van der Waals surface area contributed by atoms with Gasteiger partial charge in [0.1, 0.15) is 6.04 Å². The summed E-state index contributed by atoms with van der Waals surface area (Å²) >= 11 is 0. The van der Waals surface area contributed by atoms with Gasteiger partial charge in [-0.25, -0.2) is 4.79 Å². The zero-order valence-corrected chi connectivity index (χ0v) is 11.3. The zero-order valence-electron chi connectivity index (χ0n) is 11.3. The number of hydrogen-bond donors (Lipinski definition) is 3. The Morgan fingerprint density at radius 1 is 1.35 bits per heavy atom. The van der Waals surface area contributed by atoms with Crippen molar-refractivity contribution in [3.05, 3.63) is 35.4 Å². The maximum atomic E-state index is 11.7. The summed E-state index contributed by atoms with van der Waals surface area (Å²) in [6.07, 6.45) is 0.258. The van der Waals surface area contributed by atoms with Gasteiger partial charge in [0.05, 0.1) is 6.42 Å². The van der Waals surface area contributed by atoms with Crippen LogP contribution < -0.4 is 11.1 Å². The number of carboxylic acids is 1. The fourth-order valence-corrected chi connectivity index (χ4v) is 1.79. The average molecular weight is 278 g/mol. The van der Waals surface area contributed by atoms with Crippen molar-refractivity contribution in [1.82, 2.24) is 5.32 Å². The minimum Gasteiger partial charge on any atom is -0.480 e. The summed E-state index contributed by atoms with van der Waals surface area (Å²) in [6.45, 7) is 1.96. The molecule has 0 saturated heterocycles. The Kier molecular flexibility index (Phi) is 5.71. The molecule has 0 bridgehead atoms. The van der Waals surface area contributed by atoms with Gasteiger partial charge < -0.3 is 16.2 Å². The molecule has 2 amide bonds. The van der Waals surface area contributed by atoms with Gasteiger partial charge in [0.15, 0.2) is 0 Å². The van der Waals surface area contributed by atoms with E-state index in [0.717, 1.165) is 11.1 Å². The lowest BCUT2D eigenvalue weighted by Gasteiger charge is -2.12. The maximum Gasteiger partial charge on any atom is 0.326 e. The first-order chi connectivity index (χ1) is 9.38. The van der Waals surface area contributed by atoms with Crippen LogP contribution >= 0.6 is 0 Å². The van der Waals surface area contributed by atoms with Crippen molar-refractivity contribution in [2.24, 2.45) is 5.73 Å². The third-order valence-corrected chi connectivity index (χ3v) is 2.76. The molecule has 0 heterocycles. The lowest BCUT2D eigenvalue weighted by molar-refractivity contribution is -0.143. The number of hydrogen-bond acceptors (Lipinski definition) is 3. The highest BCUT2D eigenvalue weighted by atomic mass is 16.4. The van der Waals surface area contributed by atoms with Crippen LogP contribution in [0.5, 0.6) is 0 Å². The molecular formula is C14H18N2O4. The molecule has 0 spiro atoms. The molecule has 0 aliphatic rings. The van der Waals surface area contributed by atoms with Crippen molar-refractivity contribution >= 4 is 17.8 Å². The molecule has 1 aromatic carbocycles. The van der Waals surface area contributed by atoms with Crippen molar-refractivity contribution in [2.75, 3.05) is 0 Å². The molecule has 108 valence electrons. The normalized spacial score (nSPS) is 11.7. The van der Waals surface area contributed by atoms with E-state index in [2.05, 4.69) is 5.32 Å². The third-order valence-electron chi connectivity index (χ3n) is 2.76. The Hall–Kier alpha value is -2.37. The lowest BCUT2D eigenvalue weighted by Crippen LogP contribution is -2.43. The summed E-state index contributed by atoms with van der Waals surface area (Å²) in [5, 5.41) is 11.2. The summed E-state index contributed by atoms with van der Waals surface area (Å²) < 4.78 is 0. The van der Waals surface area contributed by atoms with Gasteiger partial charge in [-0.1, -0.05) is 29.8 Å². The van der Waals surface area contributed by atoms with E-state index in [0.29, 0.717) is 6.42 Å². The highest BCUT2D eigenvalue weighted by Crippen LogP contribution is 2.06. The van der Waals surface area contributed by atoms with Gasteiger partial charge in [0, 0.05) is 6.42 Å². The second-order valence-electron chi connectivity index (χ2n) is 4.62. The van der Waals surface area contributed by atoms with Gasteiger partial charge in [-0.3, -0.25) is 9.59 Å². The highest BCUT2D eigenvalue weighted by molar-refractivity contribution is 5.88. The number of carbonyl (C=O) groups excluding carboxylic acids is 2. The van der Waals surface area contributed by atoms with E-state index in [-0.39, 0.29) is 6.42 Å². The number of rotatable bonds is 7. The number of benzene rings is 1. The molecule has 0 aliphatic heterocycles. The van der Waals surface area contributed by atoms with Crippen LogP contribution in [0.15, 0.2) is 24.3 Å². The summed E-state index contributed by atoms with van der Waals surface area (Å²) in [4.78, 5) is 33.3. The van der Waals surface area contributed by atoms with Gasteiger partial charge in [0.25, 0.3) is 0 Å². The van der Waals surface area contributed by atoms with E-state index in [9.17, 15) is 14.4 Å². The second-order valence-corrected chi connectivity index (χ2v) is 4.62. The second kappa shape index (κ2) is 7.28. The third kappa shape index (κ3) is 5.51. The summed E-state index contributed by atoms with van der Waals surface area (Å²) in [6, 6.07) is 6.45. The number of aryl methyl sites for hydroxylation is 2. The number of aliphatic carboxylic acids is 1. The van der Waals surface area contributed by atoms with E-state index in [1.54, 1.807) is 0 Å². The van der Waals surface area contributed by atoms with Crippen LogP contribution in [0, 0.1) is 6.92 Å². The SMILES string of the molecule is Cc1cccc(CCC(=O)N[C@H](CC(N)=O)C(=O)O)c1. The monoisotopic (exact) mass is 278 g/mol. The number of nitrogens with two attached hydrogens (primary N) is 1. The van der Waals surface area contributed by atoms with E-state index in [1.165, 1.54) is 0 Å². The molecule has 0 aromatic heterocycles. The Labute approximate surface area is 117 Å². The molecule has 6 heteroatoms. The smallest absolute Gasteiger partial charge is 0.326 e. The average Bonchev–Trinajstić information content (AvgIpc) is 2.35. The standard InChI is InChI=1S/C14H18N2O4/c1-9-3-2-4-10(7-9)5-6-13(18)16-11(14(19)20)8-12(15)17/h2-4,7,11H,5-6,8H2,1H3,(H2,15,17)(H,16,18)(H,19,20)/t11-/m1/s1. The molecule has 0 fully saturated rings. The Morgan fingerprint density at radius 3 is 2.60 bits per heavy atom. The van der Waals surface area contributed by atoms with Crippen LogP contribution in [0.2, 0.25) is 0 Å². The molecular weight excluding hydrogens is 260 g/mol. The van der Waals surface area contributed by atoms with Crippen molar-refractivity contribution < 1.29 is 19.5 Å². The molecule has 0 unspecified atom stereocenters. The number of primary amides is 1. The molecule has 1 atom stereocenters. The number of carboxylic acid groups (broad SMARTS) is 1. The lowest BCUT2D eigenvalue weighted by atomic mass is 10.1. The van der Waals surface area contributed by atoms with Crippen LogP contribution in [-0.4, -0.2) is 28.9 Å². The van der Waals surface area contributed by atoms with Crippen LogP contribution in [0.4, 0.5) is 0 Å². The van der Waals surface area contributed by atoms with Gasteiger partial charge >= 0.3 is 5.97 Å². The van der Waals surface area contributed by atoms with E-state index < -0.39 is 30.2 Å². The van der Waals surface area contributed by atoms with Gasteiger partial charge in [0.2, 0.25) is 11.8 Å². The predicted molar refractivity (Wildman–Crippen MR) is 72.9 cm³/mol. The zero-order chi connectivity index (χ0) is 15.1. The fourth-order valence-electron chi connectivity index (χ4n) is 1.79. The molecule has 1 aromatic rings. The fraction of sp³-hybridized carbons (Fsp3) is 0.357. The van der Waals surface area contributed by atoms with Crippen molar-refractivity contribution in [3.63, 3.8) is 0 Å². The summed E-state index contributed by atoms with van der Waals surface area (Å²) in [7, 11) is 0. The predicted octanol–water partition coefficient (Wildman–Crippen LogP) is 0.372. The number of carbonyl (C=O) groups is 3. The Balaban J connectivity index is 2.49. The van der Waals surface area contributed by atoms with Crippen LogP contribution in [0.25, 0.3) is 0 Å². The first kappa shape index (κ1) is 15.7. The first-order valence-electron chi connectivity index (χ1n) is 6.24. The van der Waals surface area contributed by atoms with Gasteiger partial charge in [-0.2, -0.15) is 0 Å². The molecule has 0 radical (unpaired) electrons. The number of nitrogens with one attached hydrogen (secondary N) is 1. The summed E-state index contributed by atoms with van der Waals surface area (Å²) in [5.74, 6) is -2.45. The van der Waals surface area contributed by atoms with Crippen LogP contribution in [0.1, 0.15) is 24.0 Å². The molecule has 4 N–H and O–H groups in total. The topological polar surface area (TPSA) is 109 Å². The summed E-state index contributed by atoms with van der Waals surface area (Å²) in [5.41, 5.74) is 7.03. The molecule has 6 nitrogen and oxygen atoms in total. The molecule has 0 saturated carbocycles. The van der Waals surface area contributed by atoms with Crippen LogP contribution in [0.3, 0.4) is 0 Å². The van der Waals surface area contributed by atoms with Crippen molar-refractivity contribution in [1.29, 1.82) is 0 Å². The van der Waals surface area contributed by atoms with E-state index in [4.69, 9.17) is 10.8 Å². The minimum atomic E-state index is -1.27. The Morgan fingerprint density at radius 2 is 2.05 bits per heavy atom. The van der Waals surface area contributed by atoms with E-state index >= 15 is 0 Å². The van der Waals surface area contributed by atoms with Crippen molar-refractivity contribution in [3.8, 4) is 0 Å². The minimum absolute atomic E-state index is 0.159. The molecule has 0 aliphatic carbocycles. The van der Waals surface area contributed by atoms with Crippen LogP contribution in [-0.2, 0) is 20.8 Å². The highest BCUT2D eigenvalue weighted by Gasteiger charge is 2.21. The molecule has 1 rings (SSSR count). The van der Waals surface area contributed by atoms with Crippen molar-refractivity contribution in [2.45, 2.75) is 32.2 Å². The van der Waals surface area contributed by atoms with Gasteiger partial charge in [-0.15, -0.1) is 0 Å². The largest absolute Gasteiger partial charge is 0.480 e. The first-order valence-corrected chi connectivity index (χ1v) is 6.24. The maximum absolute atomic E-state index is 11.7. The molecule has 20 heavy (non-hydrogen) atoms.